The van der Waals surface area contributed by atoms with E-state index in [1.54, 1.807) is 13.8 Å². The van der Waals surface area contributed by atoms with Crippen molar-refractivity contribution in [2.24, 2.45) is 5.41 Å². The molecule has 0 heterocycles. The van der Waals surface area contributed by atoms with Crippen molar-refractivity contribution in [2.45, 2.75) is 39.2 Å². The average molecular weight is 224 g/mol. The lowest BCUT2D eigenvalue weighted by atomic mass is 9.75. The first-order chi connectivity index (χ1) is 6.61. The van der Waals surface area contributed by atoms with Crippen LogP contribution < -0.4 is 0 Å². The van der Waals surface area contributed by atoms with Gasteiger partial charge < -0.3 is 0 Å². The van der Waals surface area contributed by atoms with Gasteiger partial charge in [0.25, 0.3) is 0 Å². The maximum Gasteiger partial charge on any atom is 0.523 e. The molecule has 1 saturated carbocycles. The van der Waals surface area contributed by atoms with Crippen LogP contribution in [0.3, 0.4) is 0 Å². The van der Waals surface area contributed by atoms with E-state index in [0.717, 1.165) is 0 Å². The van der Waals surface area contributed by atoms with Gasteiger partial charge in [0.1, 0.15) is 0 Å². The summed E-state index contributed by atoms with van der Waals surface area (Å²) in [6.07, 6.45) is -7.05. The van der Waals surface area contributed by atoms with Crippen molar-refractivity contribution < 1.29 is 27.5 Å². The van der Waals surface area contributed by atoms with Crippen LogP contribution in [0.5, 0.6) is 0 Å². The molecule has 0 N–H and O–H groups in total. The van der Waals surface area contributed by atoms with Crippen LogP contribution in [0, 0.1) is 5.41 Å². The number of carbonyl (C=O) groups is 2. The molecular formula is C9H11F3O3. The third kappa shape index (κ3) is 3.30. The Labute approximate surface area is 84.6 Å². The second-order valence-corrected chi connectivity index (χ2v) is 4.39. The molecule has 86 valence electrons. The summed E-state index contributed by atoms with van der Waals surface area (Å²) in [6, 6.07) is 0. The highest BCUT2D eigenvalue weighted by Crippen LogP contribution is 2.34. The summed E-state index contributed by atoms with van der Waals surface area (Å²) < 4.78 is 39.1. The van der Waals surface area contributed by atoms with Crippen molar-refractivity contribution in [1.29, 1.82) is 0 Å². The highest BCUT2D eigenvalue weighted by Gasteiger charge is 2.46. The van der Waals surface area contributed by atoms with Crippen LogP contribution in [0.15, 0.2) is 0 Å². The quantitative estimate of drug-likeness (QED) is 0.638. The molecule has 0 bridgehead atoms. The molecule has 0 unspecified atom stereocenters. The van der Waals surface area contributed by atoms with Gasteiger partial charge in [0.2, 0.25) is 0 Å². The summed E-state index contributed by atoms with van der Waals surface area (Å²) in [5, 5.41) is 0. The van der Waals surface area contributed by atoms with Gasteiger partial charge in [-0.2, -0.15) is 0 Å². The minimum absolute atomic E-state index is 0.0700. The van der Waals surface area contributed by atoms with E-state index in [-0.39, 0.29) is 12.8 Å². The summed E-state index contributed by atoms with van der Waals surface area (Å²) in [6.45, 7) is 3.32. The largest absolute Gasteiger partial charge is 0.523 e. The predicted octanol–water partition coefficient (Wildman–Crippen LogP) is 1.85. The van der Waals surface area contributed by atoms with Crippen molar-refractivity contribution in [3.05, 3.63) is 0 Å². The molecule has 15 heavy (non-hydrogen) atoms. The molecule has 0 aromatic rings. The second kappa shape index (κ2) is 3.59. The third-order valence-electron chi connectivity index (χ3n) is 2.14. The standard InChI is InChI=1S/C9H11F3O3/c1-8(2)3-5(13)7(6(14)4-8)15-9(10,11)12/h7H,3-4H2,1-2H3. The topological polar surface area (TPSA) is 43.4 Å². The number of ether oxygens (including phenoxy) is 1. The van der Waals surface area contributed by atoms with E-state index in [0.29, 0.717) is 0 Å². The Morgan fingerprint density at radius 1 is 1.20 bits per heavy atom. The molecule has 0 aromatic carbocycles. The van der Waals surface area contributed by atoms with E-state index in [1.165, 1.54) is 0 Å². The van der Waals surface area contributed by atoms with E-state index >= 15 is 0 Å². The number of hydrogen-bond donors (Lipinski definition) is 0. The van der Waals surface area contributed by atoms with Crippen molar-refractivity contribution in [3.63, 3.8) is 0 Å². The molecule has 0 saturated heterocycles. The minimum atomic E-state index is -4.95. The first-order valence-electron chi connectivity index (χ1n) is 4.41. The van der Waals surface area contributed by atoms with Crippen LogP contribution in [0.25, 0.3) is 0 Å². The summed E-state index contributed by atoms with van der Waals surface area (Å²) in [5.41, 5.74) is -0.570. The summed E-state index contributed by atoms with van der Waals surface area (Å²) in [7, 11) is 0. The molecule has 0 atom stereocenters. The van der Waals surface area contributed by atoms with E-state index in [1.807, 2.05) is 0 Å². The highest BCUT2D eigenvalue weighted by molar-refractivity contribution is 6.08. The van der Waals surface area contributed by atoms with Crippen LogP contribution in [0.1, 0.15) is 26.7 Å². The Morgan fingerprint density at radius 2 is 1.60 bits per heavy atom. The fraction of sp³-hybridized carbons (Fsp3) is 0.778. The molecule has 1 rings (SSSR count). The zero-order valence-electron chi connectivity index (χ0n) is 8.35. The summed E-state index contributed by atoms with van der Waals surface area (Å²) in [5.74, 6) is -1.60. The maximum absolute atomic E-state index is 11.9. The Hall–Kier alpha value is -0.910. The van der Waals surface area contributed by atoms with Gasteiger partial charge in [-0.05, 0) is 5.41 Å². The molecular weight excluding hydrogens is 213 g/mol. The molecule has 0 aliphatic heterocycles. The van der Waals surface area contributed by atoms with Gasteiger partial charge >= 0.3 is 6.36 Å². The monoisotopic (exact) mass is 224 g/mol. The molecule has 3 nitrogen and oxygen atoms in total. The van der Waals surface area contributed by atoms with Gasteiger partial charge in [-0.25, -0.2) is 0 Å². The fourth-order valence-corrected chi connectivity index (χ4v) is 1.64. The van der Waals surface area contributed by atoms with Crippen LogP contribution in [-0.4, -0.2) is 24.0 Å². The summed E-state index contributed by atoms with van der Waals surface area (Å²) >= 11 is 0. The van der Waals surface area contributed by atoms with Gasteiger partial charge in [0.15, 0.2) is 17.7 Å². The zero-order valence-corrected chi connectivity index (χ0v) is 8.35. The fourth-order valence-electron chi connectivity index (χ4n) is 1.64. The van der Waals surface area contributed by atoms with Crippen molar-refractivity contribution in [1.82, 2.24) is 0 Å². The molecule has 1 aliphatic carbocycles. The molecule has 1 aliphatic rings. The molecule has 0 radical (unpaired) electrons. The number of carbonyl (C=O) groups excluding carboxylic acids is 2. The number of rotatable bonds is 1. The minimum Gasteiger partial charge on any atom is -0.296 e. The lowest BCUT2D eigenvalue weighted by Crippen LogP contribution is -2.45. The van der Waals surface area contributed by atoms with Crippen molar-refractivity contribution >= 4 is 11.6 Å². The Balaban J connectivity index is 2.76. The van der Waals surface area contributed by atoms with Gasteiger partial charge in [0, 0.05) is 12.8 Å². The lowest BCUT2D eigenvalue weighted by molar-refractivity contribution is -0.333. The van der Waals surface area contributed by atoms with E-state index < -0.39 is 29.4 Å². The first-order valence-corrected chi connectivity index (χ1v) is 4.41. The van der Waals surface area contributed by atoms with Crippen LogP contribution >= 0.6 is 0 Å². The van der Waals surface area contributed by atoms with E-state index in [4.69, 9.17) is 0 Å². The summed E-state index contributed by atoms with van der Waals surface area (Å²) in [4.78, 5) is 22.5. The normalized spacial score (nSPS) is 23.3. The van der Waals surface area contributed by atoms with Crippen LogP contribution in [-0.2, 0) is 14.3 Å². The Kier molecular flexibility index (Phi) is 2.91. The smallest absolute Gasteiger partial charge is 0.296 e. The number of ketones is 2. The maximum atomic E-state index is 11.9. The molecule has 0 spiro atoms. The predicted molar refractivity (Wildman–Crippen MR) is 44.0 cm³/mol. The molecule has 1 fully saturated rings. The Bertz CT molecular complexity index is 273. The number of hydrogen-bond acceptors (Lipinski definition) is 3. The van der Waals surface area contributed by atoms with Crippen LogP contribution in [0.2, 0.25) is 0 Å². The zero-order chi connectivity index (χ0) is 11.9. The van der Waals surface area contributed by atoms with Gasteiger partial charge in [-0.1, -0.05) is 13.8 Å². The number of alkyl halides is 3. The van der Waals surface area contributed by atoms with E-state index in [2.05, 4.69) is 4.74 Å². The lowest BCUT2D eigenvalue weighted by Gasteiger charge is -2.31. The molecule has 0 aromatic heterocycles. The van der Waals surface area contributed by atoms with Gasteiger partial charge in [-0.3, -0.25) is 14.3 Å². The first kappa shape index (κ1) is 12.2. The van der Waals surface area contributed by atoms with Gasteiger partial charge in [-0.15, -0.1) is 13.2 Å². The van der Waals surface area contributed by atoms with E-state index in [9.17, 15) is 22.8 Å². The van der Waals surface area contributed by atoms with Gasteiger partial charge in [0.05, 0.1) is 0 Å². The van der Waals surface area contributed by atoms with Crippen molar-refractivity contribution in [2.75, 3.05) is 0 Å². The molecule has 0 amide bonds. The molecule has 6 heteroatoms. The number of halogens is 3. The third-order valence-corrected chi connectivity index (χ3v) is 2.14. The SMILES string of the molecule is CC1(C)CC(=O)C(OC(F)(F)F)C(=O)C1. The second-order valence-electron chi connectivity index (χ2n) is 4.39. The average Bonchev–Trinajstić information content (AvgIpc) is 1.93. The number of Topliss-reactive ketones (excluding diaryl/α,β-unsaturated/α-hetero) is 2. The van der Waals surface area contributed by atoms with Crippen LogP contribution in [0.4, 0.5) is 13.2 Å². The Morgan fingerprint density at radius 3 is 1.93 bits per heavy atom. The van der Waals surface area contributed by atoms with Crippen molar-refractivity contribution in [3.8, 4) is 0 Å². The highest BCUT2D eigenvalue weighted by atomic mass is 19.4.